The molecule has 1 fully saturated rings. The van der Waals surface area contributed by atoms with Crippen molar-refractivity contribution in [3.05, 3.63) is 46.7 Å². The Morgan fingerprint density at radius 1 is 1.07 bits per heavy atom. The average molecular weight is 404 g/mol. The summed E-state index contributed by atoms with van der Waals surface area (Å²) in [6, 6.07) is 11.0. The van der Waals surface area contributed by atoms with E-state index in [0.717, 1.165) is 24.5 Å². The van der Waals surface area contributed by atoms with Gasteiger partial charge in [0.25, 0.3) is 11.8 Å². The number of hydrogen-bond donors (Lipinski definition) is 1. The highest BCUT2D eigenvalue weighted by Gasteiger charge is 2.21. The molecule has 2 heterocycles. The number of amides is 2. The number of carbonyl (C=O) groups is 2. The fourth-order valence-electron chi connectivity index (χ4n) is 3.01. The maximum Gasteiger partial charge on any atom is 0.261 e. The van der Waals surface area contributed by atoms with Crippen molar-refractivity contribution in [1.82, 2.24) is 15.1 Å². The lowest BCUT2D eigenvalue weighted by Gasteiger charge is -2.34. The SMILES string of the molecule is COc1ccccc1OCC(=O)N1CCN(CCNC(=O)c2cccs2)CC1. The molecule has 1 aromatic heterocycles. The molecular weight excluding hydrogens is 378 g/mol. The van der Waals surface area contributed by atoms with Gasteiger partial charge in [-0.2, -0.15) is 0 Å². The molecule has 8 heteroatoms. The second-order valence-corrected chi connectivity index (χ2v) is 7.34. The van der Waals surface area contributed by atoms with Crippen LogP contribution in [-0.2, 0) is 4.79 Å². The summed E-state index contributed by atoms with van der Waals surface area (Å²) in [7, 11) is 1.58. The smallest absolute Gasteiger partial charge is 0.261 e. The molecule has 150 valence electrons. The lowest BCUT2D eigenvalue weighted by atomic mass is 10.3. The molecular formula is C20H25N3O4S. The van der Waals surface area contributed by atoms with Gasteiger partial charge in [-0.25, -0.2) is 0 Å². The minimum atomic E-state index is -0.0310. The Bertz CT molecular complexity index is 774. The average Bonchev–Trinajstić information content (AvgIpc) is 3.27. The van der Waals surface area contributed by atoms with E-state index in [9.17, 15) is 9.59 Å². The number of methoxy groups -OCH3 is 1. The van der Waals surface area contributed by atoms with Crippen molar-refractivity contribution in [2.75, 3.05) is 53.0 Å². The van der Waals surface area contributed by atoms with Gasteiger partial charge in [-0.3, -0.25) is 14.5 Å². The van der Waals surface area contributed by atoms with Gasteiger partial charge in [-0.05, 0) is 23.6 Å². The van der Waals surface area contributed by atoms with Crippen LogP contribution in [0.2, 0.25) is 0 Å². The van der Waals surface area contributed by atoms with Gasteiger partial charge in [0.2, 0.25) is 0 Å². The molecule has 7 nitrogen and oxygen atoms in total. The monoisotopic (exact) mass is 403 g/mol. The minimum Gasteiger partial charge on any atom is -0.493 e. The Hall–Kier alpha value is -2.58. The summed E-state index contributed by atoms with van der Waals surface area (Å²) in [5.74, 6) is 1.12. The predicted molar refractivity (Wildman–Crippen MR) is 108 cm³/mol. The molecule has 0 radical (unpaired) electrons. The molecule has 0 aliphatic carbocycles. The summed E-state index contributed by atoms with van der Waals surface area (Å²) >= 11 is 1.44. The maximum atomic E-state index is 12.4. The van der Waals surface area contributed by atoms with Gasteiger partial charge < -0.3 is 19.7 Å². The number of rotatable bonds is 8. The number of para-hydroxylation sites is 2. The van der Waals surface area contributed by atoms with Crippen molar-refractivity contribution in [1.29, 1.82) is 0 Å². The largest absolute Gasteiger partial charge is 0.493 e. The van der Waals surface area contributed by atoms with Crippen molar-refractivity contribution >= 4 is 23.2 Å². The molecule has 1 saturated heterocycles. The van der Waals surface area contributed by atoms with Crippen LogP contribution in [0.5, 0.6) is 11.5 Å². The zero-order valence-electron chi connectivity index (χ0n) is 15.9. The first-order chi connectivity index (χ1) is 13.7. The zero-order chi connectivity index (χ0) is 19.8. The van der Waals surface area contributed by atoms with Crippen molar-refractivity contribution in [2.24, 2.45) is 0 Å². The number of nitrogens with zero attached hydrogens (tertiary/aromatic N) is 2. The van der Waals surface area contributed by atoms with Crippen LogP contribution < -0.4 is 14.8 Å². The lowest BCUT2D eigenvalue weighted by Crippen LogP contribution is -2.51. The van der Waals surface area contributed by atoms with Gasteiger partial charge in [-0.1, -0.05) is 18.2 Å². The highest BCUT2D eigenvalue weighted by Crippen LogP contribution is 2.25. The van der Waals surface area contributed by atoms with Gasteiger partial charge in [-0.15, -0.1) is 11.3 Å². The summed E-state index contributed by atoms with van der Waals surface area (Å²) in [5.41, 5.74) is 0. The summed E-state index contributed by atoms with van der Waals surface area (Å²) in [4.78, 5) is 29.1. The van der Waals surface area contributed by atoms with Crippen LogP contribution in [0.3, 0.4) is 0 Å². The highest BCUT2D eigenvalue weighted by atomic mass is 32.1. The number of piperazine rings is 1. The van der Waals surface area contributed by atoms with E-state index < -0.39 is 0 Å². The van der Waals surface area contributed by atoms with Crippen LogP contribution in [-0.4, -0.2) is 74.6 Å². The van der Waals surface area contributed by atoms with Gasteiger partial charge in [0.1, 0.15) is 0 Å². The molecule has 0 unspecified atom stereocenters. The van der Waals surface area contributed by atoms with Crippen LogP contribution in [0, 0.1) is 0 Å². The van der Waals surface area contributed by atoms with Crippen LogP contribution in [0.1, 0.15) is 9.67 Å². The third kappa shape index (κ3) is 5.46. The standard InChI is InChI=1S/C20H25N3O4S/c1-26-16-5-2-3-6-17(16)27-15-19(24)23-12-10-22(11-13-23)9-8-21-20(25)18-7-4-14-28-18/h2-7,14H,8-13,15H2,1H3,(H,21,25). The number of thiophene rings is 1. The summed E-state index contributed by atoms with van der Waals surface area (Å²) in [6.07, 6.45) is 0. The van der Waals surface area contributed by atoms with Crippen molar-refractivity contribution in [2.45, 2.75) is 0 Å². The molecule has 2 aromatic rings. The fraction of sp³-hybridized carbons (Fsp3) is 0.400. The van der Waals surface area contributed by atoms with Gasteiger partial charge in [0.15, 0.2) is 18.1 Å². The predicted octanol–water partition coefficient (Wildman–Crippen LogP) is 1.71. The molecule has 0 bridgehead atoms. The molecule has 0 saturated carbocycles. The van der Waals surface area contributed by atoms with E-state index in [0.29, 0.717) is 31.1 Å². The Labute approximate surface area is 168 Å². The fourth-order valence-corrected chi connectivity index (χ4v) is 3.65. The molecule has 1 aliphatic heterocycles. The molecule has 2 amide bonds. The van der Waals surface area contributed by atoms with Gasteiger partial charge in [0, 0.05) is 39.3 Å². The topological polar surface area (TPSA) is 71.1 Å². The van der Waals surface area contributed by atoms with Gasteiger partial charge >= 0.3 is 0 Å². The van der Waals surface area contributed by atoms with E-state index in [4.69, 9.17) is 9.47 Å². The molecule has 3 rings (SSSR count). The van der Waals surface area contributed by atoms with Crippen molar-refractivity contribution in [3.63, 3.8) is 0 Å². The van der Waals surface area contributed by atoms with Crippen LogP contribution >= 0.6 is 11.3 Å². The molecule has 1 N–H and O–H groups in total. The first-order valence-electron chi connectivity index (χ1n) is 9.25. The van der Waals surface area contributed by atoms with Crippen molar-refractivity contribution < 1.29 is 19.1 Å². The lowest BCUT2D eigenvalue weighted by molar-refractivity contribution is -0.135. The Morgan fingerprint density at radius 3 is 2.50 bits per heavy atom. The van der Waals surface area contributed by atoms with E-state index in [1.54, 1.807) is 19.2 Å². The number of carbonyl (C=O) groups excluding carboxylic acids is 2. The third-order valence-electron chi connectivity index (χ3n) is 4.60. The minimum absolute atomic E-state index is 0.00273. The Balaban J connectivity index is 1.35. The normalized spacial score (nSPS) is 14.5. The van der Waals surface area contributed by atoms with E-state index in [1.807, 2.05) is 34.5 Å². The number of benzene rings is 1. The third-order valence-corrected chi connectivity index (χ3v) is 5.47. The molecule has 1 aliphatic rings. The molecule has 0 atom stereocenters. The Morgan fingerprint density at radius 2 is 1.82 bits per heavy atom. The first-order valence-corrected chi connectivity index (χ1v) is 10.1. The zero-order valence-corrected chi connectivity index (χ0v) is 16.7. The Kier molecular flexibility index (Phi) is 7.27. The molecule has 1 aromatic carbocycles. The molecule has 0 spiro atoms. The van der Waals surface area contributed by atoms with E-state index in [1.165, 1.54) is 11.3 Å². The first kappa shape index (κ1) is 20.2. The number of hydrogen-bond acceptors (Lipinski definition) is 6. The second kappa shape index (κ2) is 10.1. The van der Waals surface area contributed by atoms with Gasteiger partial charge in [0.05, 0.1) is 12.0 Å². The van der Waals surface area contributed by atoms with Crippen LogP contribution in [0.25, 0.3) is 0 Å². The summed E-state index contributed by atoms with van der Waals surface area (Å²) in [5, 5.41) is 4.82. The van der Waals surface area contributed by atoms with E-state index >= 15 is 0 Å². The van der Waals surface area contributed by atoms with E-state index in [2.05, 4.69) is 10.2 Å². The summed E-state index contributed by atoms with van der Waals surface area (Å²) < 4.78 is 10.8. The maximum absolute atomic E-state index is 12.4. The molecule has 28 heavy (non-hydrogen) atoms. The number of nitrogens with one attached hydrogen (secondary N) is 1. The van der Waals surface area contributed by atoms with E-state index in [-0.39, 0.29) is 18.4 Å². The number of ether oxygens (including phenoxy) is 2. The highest BCUT2D eigenvalue weighted by molar-refractivity contribution is 7.12. The second-order valence-electron chi connectivity index (χ2n) is 6.40. The van der Waals surface area contributed by atoms with Crippen LogP contribution in [0.4, 0.5) is 0 Å². The van der Waals surface area contributed by atoms with Crippen molar-refractivity contribution in [3.8, 4) is 11.5 Å². The summed E-state index contributed by atoms with van der Waals surface area (Å²) in [6.45, 7) is 4.26. The quantitative estimate of drug-likeness (QED) is 0.727. The van der Waals surface area contributed by atoms with Crippen LogP contribution in [0.15, 0.2) is 41.8 Å².